The zero-order valence-electron chi connectivity index (χ0n) is 18.3. The molecule has 4 rings (SSSR count). The molecule has 0 saturated carbocycles. The second-order valence-electron chi connectivity index (χ2n) is 7.90. The molecule has 3 aromatic rings. The van der Waals surface area contributed by atoms with E-state index in [-0.39, 0.29) is 17.2 Å². The van der Waals surface area contributed by atoms with Crippen LogP contribution in [0.3, 0.4) is 0 Å². The summed E-state index contributed by atoms with van der Waals surface area (Å²) in [5.41, 5.74) is 3.16. The molecular weight excluding hydrogens is 460 g/mol. The topological polar surface area (TPSA) is 92.8 Å². The molecule has 174 valence electrons. The van der Waals surface area contributed by atoms with Crippen LogP contribution in [-0.2, 0) is 39.4 Å². The molecule has 3 aromatic carbocycles. The maximum Gasteiger partial charge on any atom is 0.243 e. The molecule has 0 atom stereocenters. The van der Waals surface area contributed by atoms with Gasteiger partial charge in [0.2, 0.25) is 20.0 Å². The molecule has 0 amide bonds. The SMILES string of the molecule is COc1ccc(CCS(=O)(=O)Nc2ccc3c(c2)CN(S(=O)(=O)c2ccccc2)CC3)cc1. The fourth-order valence-corrected chi connectivity index (χ4v) is 6.35. The van der Waals surface area contributed by atoms with Crippen LogP contribution in [0, 0.1) is 0 Å². The van der Waals surface area contributed by atoms with Crippen LogP contribution >= 0.6 is 0 Å². The molecule has 1 N–H and O–H groups in total. The van der Waals surface area contributed by atoms with Crippen LogP contribution in [0.4, 0.5) is 5.69 Å². The fraction of sp³-hybridized carbons (Fsp3) is 0.250. The lowest BCUT2D eigenvalue weighted by atomic mass is 10.0. The van der Waals surface area contributed by atoms with E-state index in [2.05, 4.69) is 4.72 Å². The molecule has 1 aliphatic heterocycles. The van der Waals surface area contributed by atoms with E-state index in [1.165, 1.54) is 4.31 Å². The number of anilines is 1. The average molecular weight is 487 g/mol. The summed E-state index contributed by atoms with van der Waals surface area (Å²) in [6.07, 6.45) is 0.944. The zero-order valence-corrected chi connectivity index (χ0v) is 19.9. The number of nitrogens with zero attached hydrogens (tertiary/aromatic N) is 1. The molecule has 0 unspecified atom stereocenters. The lowest BCUT2D eigenvalue weighted by molar-refractivity contribution is 0.391. The van der Waals surface area contributed by atoms with Crippen molar-refractivity contribution < 1.29 is 21.6 Å². The minimum atomic E-state index is -3.61. The Morgan fingerprint density at radius 2 is 1.64 bits per heavy atom. The highest BCUT2D eigenvalue weighted by Crippen LogP contribution is 2.27. The molecule has 0 aromatic heterocycles. The van der Waals surface area contributed by atoms with Crippen molar-refractivity contribution in [1.29, 1.82) is 0 Å². The maximum absolute atomic E-state index is 13.0. The van der Waals surface area contributed by atoms with Crippen LogP contribution in [0.15, 0.2) is 77.7 Å². The summed E-state index contributed by atoms with van der Waals surface area (Å²) in [5.74, 6) is 0.655. The van der Waals surface area contributed by atoms with Crippen LogP contribution in [0.1, 0.15) is 16.7 Å². The first kappa shape index (κ1) is 23.3. The van der Waals surface area contributed by atoms with Gasteiger partial charge in [-0.2, -0.15) is 4.31 Å². The van der Waals surface area contributed by atoms with Crippen LogP contribution in [0.25, 0.3) is 0 Å². The van der Waals surface area contributed by atoms with Gasteiger partial charge in [0, 0.05) is 18.8 Å². The van der Waals surface area contributed by atoms with Gasteiger partial charge in [0.1, 0.15) is 5.75 Å². The Morgan fingerprint density at radius 1 is 0.909 bits per heavy atom. The molecule has 1 heterocycles. The van der Waals surface area contributed by atoms with Gasteiger partial charge >= 0.3 is 0 Å². The highest BCUT2D eigenvalue weighted by Gasteiger charge is 2.28. The number of aryl methyl sites for hydroxylation is 1. The highest BCUT2D eigenvalue weighted by molar-refractivity contribution is 7.92. The molecule has 7 nitrogen and oxygen atoms in total. The normalized spacial score (nSPS) is 14.5. The van der Waals surface area contributed by atoms with Gasteiger partial charge in [-0.1, -0.05) is 36.4 Å². The van der Waals surface area contributed by atoms with E-state index in [4.69, 9.17) is 4.74 Å². The Morgan fingerprint density at radius 3 is 2.33 bits per heavy atom. The molecule has 0 bridgehead atoms. The van der Waals surface area contributed by atoms with Gasteiger partial charge in [-0.15, -0.1) is 0 Å². The van der Waals surface area contributed by atoms with Gasteiger partial charge in [-0.05, 0) is 65.9 Å². The van der Waals surface area contributed by atoms with Crippen molar-refractivity contribution >= 4 is 25.7 Å². The average Bonchev–Trinajstić information content (AvgIpc) is 2.83. The highest BCUT2D eigenvalue weighted by atomic mass is 32.2. The number of benzene rings is 3. The summed E-state index contributed by atoms with van der Waals surface area (Å²) in [6.45, 7) is 0.588. The summed E-state index contributed by atoms with van der Waals surface area (Å²) >= 11 is 0. The van der Waals surface area contributed by atoms with Gasteiger partial charge in [0.25, 0.3) is 0 Å². The molecule has 0 radical (unpaired) electrons. The summed E-state index contributed by atoms with van der Waals surface area (Å²) in [4.78, 5) is 0.254. The second kappa shape index (κ2) is 9.54. The van der Waals surface area contributed by atoms with Crippen molar-refractivity contribution in [3.8, 4) is 5.75 Å². The third kappa shape index (κ3) is 5.55. The van der Waals surface area contributed by atoms with Crippen LogP contribution in [0.2, 0.25) is 0 Å². The molecule has 33 heavy (non-hydrogen) atoms. The first-order valence-electron chi connectivity index (χ1n) is 10.6. The lowest BCUT2D eigenvalue weighted by Gasteiger charge is -2.28. The predicted octanol–water partition coefficient (Wildman–Crippen LogP) is 3.43. The summed E-state index contributed by atoms with van der Waals surface area (Å²) < 4.78 is 60.4. The fourth-order valence-electron chi connectivity index (χ4n) is 3.82. The van der Waals surface area contributed by atoms with Crippen molar-refractivity contribution in [2.24, 2.45) is 0 Å². The summed E-state index contributed by atoms with van der Waals surface area (Å²) in [6, 6.07) is 20.9. The van der Waals surface area contributed by atoms with E-state index in [0.29, 0.717) is 25.1 Å². The first-order chi connectivity index (χ1) is 15.8. The van der Waals surface area contributed by atoms with Crippen molar-refractivity contribution in [1.82, 2.24) is 4.31 Å². The zero-order chi connectivity index (χ0) is 23.5. The molecule has 9 heteroatoms. The number of fused-ring (bicyclic) bond motifs is 1. The largest absolute Gasteiger partial charge is 0.497 e. The van der Waals surface area contributed by atoms with E-state index in [9.17, 15) is 16.8 Å². The van der Waals surface area contributed by atoms with Crippen molar-refractivity contribution in [2.45, 2.75) is 24.3 Å². The Kier molecular flexibility index (Phi) is 6.73. The van der Waals surface area contributed by atoms with E-state index in [1.54, 1.807) is 61.7 Å². The Bertz CT molecular complexity index is 1320. The van der Waals surface area contributed by atoms with Crippen LogP contribution < -0.4 is 9.46 Å². The third-order valence-electron chi connectivity index (χ3n) is 5.66. The van der Waals surface area contributed by atoms with Crippen molar-refractivity contribution in [3.05, 3.63) is 89.5 Å². The minimum Gasteiger partial charge on any atom is -0.497 e. The number of hydrogen-bond acceptors (Lipinski definition) is 5. The first-order valence-corrected chi connectivity index (χ1v) is 13.7. The van der Waals surface area contributed by atoms with Crippen molar-refractivity contribution in [3.63, 3.8) is 0 Å². The van der Waals surface area contributed by atoms with Crippen LogP contribution in [0.5, 0.6) is 5.75 Å². The van der Waals surface area contributed by atoms with E-state index >= 15 is 0 Å². The Labute approximate surface area is 195 Å². The number of methoxy groups -OCH3 is 1. The number of hydrogen-bond donors (Lipinski definition) is 1. The Balaban J connectivity index is 1.45. The van der Waals surface area contributed by atoms with E-state index in [1.807, 2.05) is 18.2 Å². The van der Waals surface area contributed by atoms with Gasteiger partial charge < -0.3 is 4.74 Å². The number of ether oxygens (including phenoxy) is 1. The standard InChI is InChI=1S/C24H26N2O5S2/c1-31-23-11-7-19(8-12-23)14-16-32(27,28)25-22-10-9-20-13-15-26(18-21(20)17-22)33(29,30)24-5-3-2-4-6-24/h2-12,17,25H,13-16,18H2,1H3. The number of sulfonamides is 2. The van der Waals surface area contributed by atoms with Gasteiger partial charge in [0.15, 0.2) is 0 Å². The van der Waals surface area contributed by atoms with E-state index < -0.39 is 20.0 Å². The molecule has 1 aliphatic rings. The molecular formula is C24H26N2O5S2. The quantitative estimate of drug-likeness (QED) is 0.527. The summed E-state index contributed by atoms with van der Waals surface area (Å²) in [7, 11) is -5.60. The Hall–Kier alpha value is -2.88. The van der Waals surface area contributed by atoms with Crippen LogP contribution in [-0.4, -0.2) is 40.5 Å². The molecule has 0 aliphatic carbocycles. The minimum absolute atomic E-state index is 0.0646. The second-order valence-corrected chi connectivity index (χ2v) is 11.7. The van der Waals surface area contributed by atoms with Gasteiger partial charge in [-0.3, -0.25) is 4.72 Å². The molecule has 0 fully saturated rings. The van der Waals surface area contributed by atoms with E-state index in [0.717, 1.165) is 22.4 Å². The maximum atomic E-state index is 13.0. The molecule has 0 spiro atoms. The van der Waals surface area contributed by atoms with Gasteiger partial charge in [-0.25, -0.2) is 16.8 Å². The third-order valence-corrected chi connectivity index (χ3v) is 8.80. The van der Waals surface area contributed by atoms with Crippen molar-refractivity contribution in [2.75, 3.05) is 24.1 Å². The monoisotopic (exact) mass is 486 g/mol. The number of nitrogens with one attached hydrogen (secondary N) is 1. The lowest BCUT2D eigenvalue weighted by Crippen LogP contribution is -2.36. The van der Waals surface area contributed by atoms with Gasteiger partial charge in [0.05, 0.1) is 17.8 Å². The molecule has 0 saturated heterocycles. The predicted molar refractivity (Wildman–Crippen MR) is 128 cm³/mol. The number of rotatable bonds is 8. The summed E-state index contributed by atoms with van der Waals surface area (Å²) in [5, 5.41) is 0. The smallest absolute Gasteiger partial charge is 0.243 e.